The van der Waals surface area contributed by atoms with E-state index in [1.54, 1.807) is 0 Å². The van der Waals surface area contributed by atoms with Crippen molar-refractivity contribution in [3.63, 3.8) is 0 Å². The summed E-state index contributed by atoms with van der Waals surface area (Å²) in [6.45, 7) is -0.0482. The number of halogens is 2. The molecule has 1 unspecified atom stereocenters. The van der Waals surface area contributed by atoms with Crippen molar-refractivity contribution in [1.82, 2.24) is 4.90 Å². The van der Waals surface area contributed by atoms with Gasteiger partial charge in [-0.1, -0.05) is 24.3 Å². The number of aromatic hydroxyl groups is 1. The molecule has 1 fully saturated rings. The van der Waals surface area contributed by atoms with Gasteiger partial charge in [0.2, 0.25) is 0 Å². The van der Waals surface area contributed by atoms with E-state index in [0.29, 0.717) is 11.1 Å². The van der Waals surface area contributed by atoms with E-state index in [-0.39, 0.29) is 29.2 Å². The predicted molar refractivity (Wildman–Crippen MR) is 115 cm³/mol. The Morgan fingerprint density at radius 1 is 0.970 bits per heavy atom. The smallest absolute Gasteiger partial charge is 0.295 e. The summed E-state index contributed by atoms with van der Waals surface area (Å²) < 4.78 is 32.5. The molecule has 3 aromatic carbocycles. The summed E-state index contributed by atoms with van der Waals surface area (Å²) in [6, 6.07) is 13.6. The lowest BCUT2D eigenvalue weighted by Gasteiger charge is -2.25. The van der Waals surface area contributed by atoms with Crippen LogP contribution in [-0.2, 0) is 16.1 Å². The Bertz CT molecular complexity index is 1250. The molecule has 3 aromatic rings. The molecule has 1 heterocycles. The molecule has 1 aliphatic heterocycles. The SMILES string of the molecule is COc1ccc(F)cc1/C(O)=C1\C(=O)C(=O)N(Cc2ccc(F)cc2)C1c1ccc(O)cc1. The van der Waals surface area contributed by atoms with Gasteiger partial charge in [0.15, 0.2) is 0 Å². The number of ether oxygens (including phenoxy) is 1. The fourth-order valence-corrected chi connectivity index (χ4v) is 3.84. The van der Waals surface area contributed by atoms with Crippen molar-refractivity contribution >= 4 is 17.4 Å². The highest BCUT2D eigenvalue weighted by Gasteiger charge is 2.46. The summed E-state index contributed by atoms with van der Waals surface area (Å²) in [7, 11) is 1.33. The van der Waals surface area contributed by atoms with E-state index in [0.717, 1.165) is 12.1 Å². The third-order valence-electron chi connectivity index (χ3n) is 5.43. The minimum absolute atomic E-state index is 0.0268. The molecule has 0 aliphatic carbocycles. The van der Waals surface area contributed by atoms with Crippen molar-refractivity contribution in [3.8, 4) is 11.5 Å². The Morgan fingerprint density at radius 2 is 1.61 bits per heavy atom. The Balaban J connectivity index is 1.89. The quantitative estimate of drug-likeness (QED) is 0.343. The number of benzene rings is 3. The van der Waals surface area contributed by atoms with Crippen LogP contribution in [0.3, 0.4) is 0 Å². The predicted octanol–water partition coefficient (Wildman–Crippen LogP) is 4.30. The van der Waals surface area contributed by atoms with Gasteiger partial charge in [0, 0.05) is 6.54 Å². The van der Waals surface area contributed by atoms with Crippen molar-refractivity contribution in [1.29, 1.82) is 0 Å². The first-order valence-corrected chi connectivity index (χ1v) is 9.96. The Labute approximate surface area is 188 Å². The normalized spacial score (nSPS) is 17.4. The maximum atomic E-state index is 14.0. The number of likely N-dealkylation sites (tertiary alicyclic amines) is 1. The van der Waals surface area contributed by atoms with Crippen LogP contribution in [0.1, 0.15) is 22.7 Å². The summed E-state index contributed by atoms with van der Waals surface area (Å²) >= 11 is 0. The van der Waals surface area contributed by atoms with Crippen molar-refractivity contribution in [2.24, 2.45) is 0 Å². The zero-order valence-electron chi connectivity index (χ0n) is 17.5. The zero-order valence-corrected chi connectivity index (χ0v) is 17.5. The molecule has 6 nitrogen and oxygen atoms in total. The highest BCUT2D eigenvalue weighted by molar-refractivity contribution is 6.46. The van der Waals surface area contributed by atoms with Gasteiger partial charge < -0.3 is 19.8 Å². The number of Topliss-reactive ketones (excluding diaryl/α,β-unsaturated/α-hetero) is 1. The van der Waals surface area contributed by atoms with Crippen LogP contribution in [-0.4, -0.2) is 33.9 Å². The van der Waals surface area contributed by atoms with Crippen LogP contribution < -0.4 is 4.74 Å². The number of amides is 1. The molecule has 0 radical (unpaired) electrons. The molecule has 1 aliphatic rings. The van der Waals surface area contributed by atoms with E-state index in [2.05, 4.69) is 0 Å². The van der Waals surface area contributed by atoms with Gasteiger partial charge in [-0.05, 0) is 53.6 Å². The second-order valence-corrected chi connectivity index (χ2v) is 7.49. The molecular formula is C25H19F2NO5. The first-order valence-electron chi connectivity index (χ1n) is 9.96. The lowest BCUT2D eigenvalue weighted by Crippen LogP contribution is -2.29. The van der Waals surface area contributed by atoms with Crippen LogP contribution in [0.2, 0.25) is 0 Å². The van der Waals surface area contributed by atoms with E-state index >= 15 is 0 Å². The van der Waals surface area contributed by atoms with E-state index in [4.69, 9.17) is 4.74 Å². The second kappa shape index (κ2) is 8.74. The van der Waals surface area contributed by atoms with Gasteiger partial charge in [-0.2, -0.15) is 0 Å². The van der Waals surface area contributed by atoms with Gasteiger partial charge in [-0.15, -0.1) is 0 Å². The van der Waals surface area contributed by atoms with Crippen LogP contribution in [0.4, 0.5) is 8.78 Å². The van der Waals surface area contributed by atoms with Crippen molar-refractivity contribution in [3.05, 3.63) is 101 Å². The molecule has 168 valence electrons. The standard InChI is InChI=1S/C25H19F2NO5/c1-33-20-11-8-17(27)12-19(20)23(30)21-22(15-4-9-18(29)10-5-15)28(25(32)24(21)31)13-14-2-6-16(26)7-3-14/h2-12,22,29-30H,13H2,1H3/b23-21+. The number of aliphatic hydroxyl groups excluding tert-OH is 1. The van der Waals surface area contributed by atoms with Crippen LogP contribution in [0, 0.1) is 11.6 Å². The number of ketones is 1. The molecule has 8 heteroatoms. The fraction of sp³-hybridized carbons (Fsp3) is 0.120. The highest BCUT2D eigenvalue weighted by atomic mass is 19.1. The molecule has 1 amide bonds. The lowest BCUT2D eigenvalue weighted by atomic mass is 9.94. The summed E-state index contributed by atoms with van der Waals surface area (Å²) in [6.07, 6.45) is 0. The number of aliphatic hydroxyl groups is 1. The topological polar surface area (TPSA) is 87.1 Å². The third kappa shape index (κ3) is 4.15. The number of hydrogen-bond donors (Lipinski definition) is 2. The van der Waals surface area contributed by atoms with Gasteiger partial charge in [0.1, 0.15) is 28.9 Å². The Morgan fingerprint density at radius 3 is 2.24 bits per heavy atom. The molecule has 33 heavy (non-hydrogen) atoms. The maximum Gasteiger partial charge on any atom is 0.295 e. The largest absolute Gasteiger partial charge is 0.508 e. The first-order chi connectivity index (χ1) is 15.8. The number of carbonyl (C=O) groups is 2. The van der Waals surface area contributed by atoms with Crippen LogP contribution in [0.5, 0.6) is 11.5 Å². The number of phenols is 1. The number of methoxy groups -OCH3 is 1. The van der Waals surface area contributed by atoms with E-state index in [1.807, 2.05) is 0 Å². The second-order valence-electron chi connectivity index (χ2n) is 7.49. The number of phenolic OH excluding ortho intramolecular Hbond substituents is 1. The molecule has 2 N–H and O–H groups in total. The number of nitrogens with zero attached hydrogens (tertiary/aromatic N) is 1. The third-order valence-corrected chi connectivity index (χ3v) is 5.43. The van der Waals surface area contributed by atoms with Crippen LogP contribution in [0.25, 0.3) is 5.76 Å². The molecule has 4 rings (SSSR count). The number of hydrogen-bond acceptors (Lipinski definition) is 5. The monoisotopic (exact) mass is 451 g/mol. The highest BCUT2D eigenvalue weighted by Crippen LogP contribution is 2.42. The summed E-state index contributed by atoms with van der Waals surface area (Å²) in [5, 5.41) is 20.8. The Hall–Kier alpha value is -4.20. The molecule has 0 bridgehead atoms. The summed E-state index contributed by atoms with van der Waals surface area (Å²) in [5.74, 6) is -3.46. The molecule has 1 saturated heterocycles. The first kappa shape index (κ1) is 22.0. The number of rotatable bonds is 5. The number of carbonyl (C=O) groups excluding carboxylic acids is 2. The average molecular weight is 451 g/mol. The van der Waals surface area contributed by atoms with Crippen molar-refractivity contribution in [2.75, 3.05) is 7.11 Å². The van der Waals surface area contributed by atoms with E-state index < -0.39 is 35.1 Å². The minimum Gasteiger partial charge on any atom is -0.508 e. The van der Waals surface area contributed by atoms with Crippen LogP contribution in [0.15, 0.2) is 72.3 Å². The maximum absolute atomic E-state index is 14.0. The van der Waals surface area contributed by atoms with Crippen molar-refractivity contribution < 1.29 is 33.3 Å². The van der Waals surface area contributed by atoms with Crippen LogP contribution >= 0.6 is 0 Å². The van der Waals surface area contributed by atoms with Gasteiger partial charge in [-0.25, -0.2) is 8.78 Å². The summed E-state index contributed by atoms with van der Waals surface area (Å²) in [4.78, 5) is 27.3. The van der Waals surface area contributed by atoms with Gasteiger partial charge in [-0.3, -0.25) is 9.59 Å². The molecule has 0 saturated carbocycles. The van der Waals surface area contributed by atoms with E-state index in [9.17, 15) is 28.6 Å². The lowest BCUT2D eigenvalue weighted by molar-refractivity contribution is -0.140. The van der Waals surface area contributed by atoms with E-state index in [1.165, 1.54) is 66.6 Å². The zero-order chi connectivity index (χ0) is 23.7. The Kier molecular flexibility index (Phi) is 5.83. The minimum atomic E-state index is -1.04. The van der Waals surface area contributed by atoms with Crippen molar-refractivity contribution in [2.45, 2.75) is 12.6 Å². The molecule has 0 aromatic heterocycles. The fourth-order valence-electron chi connectivity index (χ4n) is 3.84. The van der Waals surface area contributed by atoms with Gasteiger partial charge >= 0.3 is 0 Å². The molecular weight excluding hydrogens is 432 g/mol. The summed E-state index contributed by atoms with van der Waals surface area (Å²) in [5.41, 5.74) is 0.661. The van der Waals surface area contributed by atoms with Gasteiger partial charge in [0.25, 0.3) is 11.7 Å². The molecule has 0 spiro atoms. The average Bonchev–Trinajstić information content (AvgIpc) is 3.05. The van der Waals surface area contributed by atoms with Gasteiger partial charge in [0.05, 0.1) is 24.3 Å². The molecule has 1 atom stereocenters.